The van der Waals surface area contributed by atoms with Crippen LogP contribution in [0, 0.1) is 5.41 Å². The van der Waals surface area contributed by atoms with Gasteiger partial charge in [-0.3, -0.25) is 0 Å². The predicted octanol–water partition coefficient (Wildman–Crippen LogP) is 3.80. The third kappa shape index (κ3) is 5.58. The molecule has 18 heavy (non-hydrogen) atoms. The van der Waals surface area contributed by atoms with Crippen LogP contribution in [0.2, 0.25) is 0 Å². The van der Waals surface area contributed by atoms with E-state index in [1.165, 1.54) is 0 Å². The van der Waals surface area contributed by atoms with E-state index in [-0.39, 0.29) is 5.41 Å². The van der Waals surface area contributed by atoms with Crippen LogP contribution < -0.4 is 11.5 Å². The summed E-state index contributed by atoms with van der Waals surface area (Å²) in [5.74, 6) is 0. The highest BCUT2D eigenvalue weighted by atomic mass is 14.6. The molecule has 0 unspecified atom stereocenters. The van der Waals surface area contributed by atoms with Crippen LogP contribution in [-0.4, -0.2) is 0 Å². The van der Waals surface area contributed by atoms with Gasteiger partial charge in [-0.1, -0.05) is 45.6 Å². The van der Waals surface area contributed by atoms with Crippen LogP contribution in [0.4, 0.5) is 0 Å². The van der Waals surface area contributed by atoms with Crippen molar-refractivity contribution in [2.24, 2.45) is 16.9 Å². The Morgan fingerprint density at radius 3 is 1.83 bits per heavy atom. The Hall–Kier alpha value is -1.70. The van der Waals surface area contributed by atoms with Gasteiger partial charge in [0.1, 0.15) is 0 Å². The van der Waals surface area contributed by atoms with Gasteiger partial charge in [0.15, 0.2) is 0 Å². The predicted molar refractivity (Wildman–Crippen MR) is 81.7 cm³/mol. The molecule has 0 aromatic rings. The molecular weight excluding hydrogens is 220 g/mol. The van der Waals surface area contributed by atoms with Crippen molar-refractivity contribution in [3.05, 3.63) is 59.5 Å². The van der Waals surface area contributed by atoms with Crippen molar-refractivity contribution < 1.29 is 0 Å². The molecule has 0 heterocycles. The van der Waals surface area contributed by atoms with E-state index in [4.69, 9.17) is 11.5 Å². The maximum absolute atomic E-state index is 6.12. The first-order valence-electron chi connectivity index (χ1n) is 6.02. The van der Waals surface area contributed by atoms with Gasteiger partial charge in [-0.2, -0.15) is 0 Å². The van der Waals surface area contributed by atoms with Gasteiger partial charge >= 0.3 is 0 Å². The standard InChI is InChI=1S/C16H26N2/c1-11(2)14(9-8-13(4)17)15(18)10-12(3)16(5,6)7/h8-10H,3-4,17-18H2,1-2,5-7H3/b9-8-,15-10+. The molecule has 0 bridgehead atoms. The summed E-state index contributed by atoms with van der Waals surface area (Å²) in [6.45, 7) is 18.1. The Labute approximate surface area is 111 Å². The van der Waals surface area contributed by atoms with Crippen molar-refractivity contribution >= 4 is 0 Å². The fraction of sp³-hybridized carbons (Fsp3) is 0.375. The highest BCUT2D eigenvalue weighted by molar-refractivity contribution is 5.45. The minimum Gasteiger partial charge on any atom is -0.399 e. The lowest BCUT2D eigenvalue weighted by molar-refractivity contribution is 0.518. The van der Waals surface area contributed by atoms with E-state index in [0.29, 0.717) is 11.4 Å². The first-order chi connectivity index (χ1) is 8.05. The molecule has 2 nitrogen and oxygen atoms in total. The van der Waals surface area contributed by atoms with Gasteiger partial charge in [-0.25, -0.2) is 0 Å². The van der Waals surface area contributed by atoms with Crippen molar-refractivity contribution in [3.63, 3.8) is 0 Å². The molecule has 0 saturated heterocycles. The Bertz CT molecular complexity index is 423. The van der Waals surface area contributed by atoms with Crippen molar-refractivity contribution in [3.8, 4) is 0 Å². The van der Waals surface area contributed by atoms with Gasteiger partial charge in [0, 0.05) is 11.4 Å². The zero-order chi connectivity index (χ0) is 14.5. The second-order valence-electron chi connectivity index (χ2n) is 5.70. The third-order valence-electron chi connectivity index (χ3n) is 2.61. The molecule has 0 fully saturated rings. The zero-order valence-electron chi connectivity index (χ0n) is 12.3. The largest absolute Gasteiger partial charge is 0.399 e. The molecule has 0 rings (SSSR count). The van der Waals surface area contributed by atoms with E-state index in [1.54, 1.807) is 6.08 Å². The smallest absolute Gasteiger partial charge is 0.0389 e. The molecule has 100 valence electrons. The number of allylic oxidation sites excluding steroid dienone is 5. The Morgan fingerprint density at radius 1 is 1.00 bits per heavy atom. The van der Waals surface area contributed by atoms with E-state index in [1.807, 2.05) is 26.0 Å². The summed E-state index contributed by atoms with van der Waals surface area (Å²) in [5, 5.41) is 0. The highest BCUT2D eigenvalue weighted by Crippen LogP contribution is 2.26. The second-order valence-corrected chi connectivity index (χ2v) is 5.70. The molecule has 0 amide bonds. The molecule has 0 aromatic heterocycles. The van der Waals surface area contributed by atoms with Crippen molar-refractivity contribution in [2.45, 2.75) is 34.6 Å². The Balaban J connectivity index is 5.32. The van der Waals surface area contributed by atoms with Crippen LogP contribution >= 0.6 is 0 Å². The van der Waals surface area contributed by atoms with Gasteiger partial charge in [0.2, 0.25) is 0 Å². The van der Waals surface area contributed by atoms with Crippen molar-refractivity contribution in [1.82, 2.24) is 0 Å². The minimum absolute atomic E-state index is 0.0125. The fourth-order valence-corrected chi connectivity index (χ4v) is 1.22. The lowest BCUT2D eigenvalue weighted by Crippen LogP contribution is -2.10. The molecule has 0 aliphatic heterocycles. The summed E-state index contributed by atoms with van der Waals surface area (Å²) in [4.78, 5) is 0. The Kier molecular flexibility index (Phi) is 5.70. The zero-order valence-corrected chi connectivity index (χ0v) is 12.3. The van der Waals surface area contributed by atoms with E-state index in [9.17, 15) is 0 Å². The molecule has 4 N–H and O–H groups in total. The molecule has 2 heteroatoms. The van der Waals surface area contributed by atoms with Gasteiger partial charge in [-0.15, -0.1) is 0 Å². The number of hydrogen-bond donors (Lipinski definition) is 2. The third-order valence-corrected chi connectivity index (χ3v) is 2.61. The average Bonchev–Trinajstić information content (AvgIpc) is 2.14. The van der Waals surface area contributed by atoms with Crippen LogP contribution in [0.5, 0.6) is 0 Å². The molecule has 0 aromatic carbocycles. The topological polar surface area (TPSA) is 52.0 Å². The van der Waals surface area contributed by atoms with E-state index < -0.39 is 0 Å². The normalized spacial score (nSPS) is 12.6. The summed E-state index contributed by atoms with van der Waals surface area (Å²) in [5.41, 5.74) is 16.0. The first kappa shape index (κ1) is 16.3. The first-order valence-corrected chi connectivity index (χ1v) is 6.02. The molecule has 0 radical (unpaired) electrons. The van der Waals surface area contributed by atoms with Gasteiger partial charge in [0.05, 0.1) is 0 Å². The van der Waals surface area contributed by atoms with Gasteiger partial charge in [-0.05, 0) is 42.6 Å². The molecule has 0 spiro atoms. The average molecular weight is 246 g/mol. The number of rotatable bonds is 4. The number of hydrogen-bond acceptors (Lipinski definition) is 2. The lowest BCUT2D eigenvalue weighted by Gasteiger charge is -2.20. The molecule has 0 atom stereocenters. The summed E-state index contributed by atoms with van der Waals surface area (Å²) < 4.78 is 0. The highest BCUT2D eigenvalue weighted by Gasteiger charge is 2.13. The lowest BCUT2D eigenvalue weighted by atomic mass is 9.86. The summed E-state index contributed by atoms with van der Waals surface area (Å²) in [7, 11) is 0. The van der Waals surface area contributed by atoms with Crippen LogP contribution in [0.25, 0.3) is 0 Å². The van der Waals surface area contributed by atoms with E-state index >= 15 is 0 Å². The summed E-state index contributed by atoms with van der Waals surface area (Å²) in [6.07, 6.45) is 5.56. The van der Waals surface area contributed by atoms with Crippen molar-refractivity contribution in [1.29, 1.82) is 0 Å². The molecule has 0 saturated carbocycles. The molecule has 0 aliphatic carbocycles. The van der Waals surface area contributed by atoms with Crippen molar-refractivity contribution in [2.75, 3.05) is 0 Å². The number of nitrogens with two attached hydrogens (primary N) is 2. The van der Waals surface area contributed by atoms with E-state index in [2.05, 4.69) is 33.9 Å². The van der Waals surface area contributed by atoms with Gasteiger partial charge in [0.25, 0.3) is 0 Å². The van der Waals surface area contributed by atoms with Crippen LogP contribution in [0.15, 0.2) is 59.5 Å². The maximum Gasteiger partial charge on any atom is 0.0389 e. The minimum atomic E-state index is 0.0125. The van der Waals surface area contributed by atoms with Gasteiger partial charge < -0.3 is 11.5 Å². The summed E-state index contributed by atoms with van der Waals surface area (Å²) in [6, 6.07) is 0. The monoisotopic (exact) mass is 246 g/mol. The van der Waals surface area contributed by atoms with E-state index in [0.717, 1.165) is 16.7 Å². The second kappa shape index (κ2) is 6.29. The fourth-order valence-electron chi connectivity index (χ4n) is 1.22. The molecular formula is C16H26N2. The maximum atomic E-state index is 6.12. The summed E-state index contributed by atoms with van der Waals surface area (Å²) >= 11 is 0. The van der Waals surface area contributed by atoms with Crippen LogP contribution in [-0.2, 0) is 0 Å². The van der Waals surface area contributed by atoms with Crippen LogP contribution in [0.3, 0.4) is 0 Å². The Morgan fingerprint density at radius 2 is 1.50 bits per heavy atom. The SMILES string of the molecule is C=C(N)/C=C\C(=C(C)C)/C(N)=C\C(=C)C(C)(C)C. The van der Waals surface area contributed by atoms with Crippen LogP contribution in [0.1, 0.15) is 34.6 Å². The molecule has 0 aliphatic rings. The quantitative estimate of drug-likeness (QED) is 0.741.